The summed E-state index contributed by atoms with van der Waals surface area (Å²) in [6, 6.07) is 8.33. The first-order valence-corrected chi connectivity index (χ1v) is 5.22. The van der Waals surface area contributed by atoms with Crippen LogP contribution in [0.1, 0.15) is 31.9 Å². The molecule has 15 heavy (non-hydrogen) atoms. The van der Waals surface area contributed by atoms with Crippen molar-refractivity contribution in [1.82, 2.24) is 0 Å². The number of hydrogen-bond donors (Lipinski definition) is 0. The molecule has 0 amide bonds. The minimum absolute atomic E-state index is 0.320. The van der Waals surface area contributed by atoms with Gasteiger partial charge in [-0.2, -0.15) is 0 Å². The number of allylic oxidation sites excluding steroid dienone is 1. The maximum absolute atomic E-state index is 10.1. The van der Waals surface area contributed by atoms with Gasteiger partial charge in [0, 0.05) is 0 Å². The van der Waals surface area contributed by atoms with Gasteiger partial charge in [0.2, 0.25) is 0 Å². The number of benzene rings is 1. The highest BCUT2D eigenvalue weighted by Gasteiger charge is 2.10. The Hall–Kier alpha value is -1.37. The van der Waals surface area contributed by atoms with E-state index in [2.05, 4.69) is 32.9 Å². The van der Waals surface area contributed by atoms with Crippen molar-refractivity contribution in [2.45, 2.75) is 27.2 Å². The Labute approximate surface area is 91.8 Å². The van der Waals surface area contributed by atoms with Crippen LogP contribution in [-0.2, 0) is 11.2 Å². The summed E-state index contributed by atoms with van der Waals surface area (Å²) in [5.41, 5.74) is 2.73. The molecule has 0 bridgehead atoms. The van der Waals surface area contributed by atoms with Crippen LogP contribution in [0.25, 0.3) is 6.08 Å². The lowest BCUT2D eigenvalue weighted by molar-refractivity contribution is -0.104. The second-order valence-electron chi connectivity index (χ2n) is 4.97. The molecule has 1 nitrogen and oxygen atoms in total. The van der Waals surface area contributed by atoms with Crippen LogP contribution >= 0.6 is 0 Å². The second kappa shape index (κ2) is 4.92. The Morgan fingerprint density at radius 1 is 1.13 bits per heavy atom. The van der Waals surface area contributed by atoms with Gasteiger partial charge in [0.1, 0.15) is 6.29 Å². The van der Waals surface area contributed by atoms with Crippen molar-refractivity contribution in [1.29, 1.82) is 0 Å². The van der Waals surface area contributed by atoms with Crippen LogP contribution in [0.5, 0.6) is 0 Å². The smallest absolute Gasteiger partial charge is 0.142 e. The monoisotopic (exact) mass is 202 g/mol. The second-order valence-corrected chi connectivity index (χ2v) is 4.97. The third kappa shape index (κ3) is 4.59. The Morgan fingerprint density at radius 2 is 1.73 bits per heavy atom. The van der Waals surface area contributed by atoms with Gasteiger partial charge < -0.3 is 0 Å². The first-order chi connectivity index (χ1) is 7.01. The minimum Gasteiger partial charge on any atom is -0.299 e. The van der Waals surface area contributed by atoms with Crippen LogP contribution in [0.2, 0.25) is 0 Å². The SMILES string of the molecule is CC(C)(C)Cc1ccc(/C=C/C=O)cc1. The standard InChI is InChI=1S/C14H18O/c1-14(2,3)11-13-8-6-12(7-9-13)5-4-10-15/h4-10H,11H2,1-3H3/b5-4+. The average molecular weight is 202 g/mol. The Morgan fingerprint density at radius 3 is 2.20 bits per heavy atom. The minimum atomic E-state index is 0.320. The average Bonchev–Trinajstić information content (AvgIpc) is 2.14. The van der Waals surface area contributed by atoms with E-state index < -0.39 is 0 Å². The molecular weight excluding hydrogens is 184 g/mol. The lowest BCUT2D eigenvalue weighted by atomic mass is 9.88. The summed E-state index contributed by atoms with van der Waals surface area (Å²) in [4.78, 5) is 10.1. The van der Waals surface area contributed by atoms with E-state index in [1.165, 1.54) is 11.6 Å². The van der Waals surface area contributed by atoms with Gasteiger partial charge in [-0.15, -0.1) is 0 Å². The van der Waals surface area contributed by atoms with E-state index in [1.54, 1.807) is 0 Å². The highest BCUT2D eigenvalue weighted by Crippen LogP contribution is 2.20. The molecule has 0 saturated carbocycles. The fraction of sp³-hybridized carbons (Fsp3) is 0.357. The summed E-state index contributed by atoms with van der Waals surface area (Å²) in [7, 11) is 0. The highest BCUT2D eigenvalue weighted by atomic mass is 16.1. The molecule has 0 aliphatic carbocycles. The van der Waals surface area contributed by atoms with Crippen molar-refractivity contribution in [3.05, 3.63) is 41.5 Å². The summed E-state index contributed by atoms with van der Waals surface area (Å²) in [6.45, 7) is 6.69. The quantitative estimate of drug-likeness (QED) is 0.541. The predicted molar refractivity (Wildman–Crippen MR) is 64.7 cm³/mol. The number of hydrogen-bond acceptors (Lipinski definition) is 1. The number of carbonyl (C=O) groups is 1. The molecule has 0 fully saturated rings. The van der Waals surface area contributed by atoms with Gasteiger partial charge in [-0.05, 0) is 29.0 Å². The predicted octanol–water partition coefficient (Wildman–Crippen LogP) is 3.49. The Kier molecular flexibility index (Phi) is 3.84. The van der Waals surface area contributed by atoms with E-state index in [0.717, 1.165) is 18.3 Å². The maximum Gasteiger partial charge on any atom is 0.142 e. The van der Waals surface area contributed by atoms with Crippen LogP contribution in [0, 0.1) is 5.41 Å². The molecule has 0 saturated heterocycles. The molecular formula is C14H18O. The van der Waals surface area contributed by atoms with Crippen LogP contribution < -0.4 is 0 Å². The zero-order chi connectivity index (χ0) is 11.3. The van der Waals surface area contributed by atoms with E-state index in [0.29, 0.717) is 5.41 Å². The van der Waals surface area contributed by atoms with Crippen LogP contribution in [-0.4, -0.2) is 6.29 Å². The molecule has 0 aromatic heterocycles. The van der Waals surface area contributed by atoms with Gasteiger partial charge in [0.25, 0.3) is 0 Å². The van der Waals surface area contributed by atoms with Crippen molar-refractivity contribution < 1.29 is 4.79 Å². The van der Waals surface area contributed by atoms with E-state index in [-0.39, 0.29) is 0 Å². The highest BCUT2D eigenvalue weighted by molar-refractivity contribution is 5.73. The molecule has 0 aliphatic heterocycles. The first kappa shape index (κ1) is 11.7. The largest absolute Gasteiger partial charge is 0.299 e. The molecule has 1 aromatic carbocycles. The van der Waals surface area contributed by atoms with Gasteiger partial charge in [-0.1, -0.05) is 51.1 Å². The van der Waals surface area contributed by atoms with Gasteiger partial charge >= 0.3 is 0 Å². The molecule has 0 heterocycles. The molecule has 0 atom stereocenters. The third-order valence-corrected chi connectivity index (χ3v) is 2.08. The number of carbonyl (C=O) groups excluding carboxylic acids is 1. The van der Waals surface area contributed by atoms with Crippen molar-refractivity contribution >= 4 is 12.4 Å². The van der Waals surface area contributed by atoms with Gasteiger partial charge in [-0.3, -0.25) is 4.79 Å². The zero-order valence-electron chi connectivity index (χ0n) is 9.66. The van der Waals surface area contributed by atoms with Gasteiger partial charge in [-0.25, -0.2) is 0 Å². The molecule has 1 rings (SSSR count). The van der Waals surface area contributed by atoms with Crippen molar-refractivity contribution in [2.24, 2.45) is 5.41 Å². The maximum atomic E-state index is 10.1. The number of rotatable bonds is 3. The van der Waals surface area contributed by atoms with E-state index in [4.69, 9.17) is 0 Å². The van der Waals surface area contributed by atoms with Crippen LogP contribution in [0.4, 0.5) is 0 Å². The topological polar surface area (TPSA) is 17.1 Å². The molecule has 0 radical (unpaired) electrons. The number of aldehydes is 1. The molecule has 0 aliphatic rings. The van der Waals surface area contributed by atoms with Crippen LogP contribution in [0.15, 0.2) is 30.3 Å². The third-order valence-electron chi connectivity index (χ3n) is 2.08. The van der Waals surface area contributed by atoms with Gasteiger partial charge in [0.15, 0.2) is 0 Å². The van der Waals surface area contributed by atoms with Crippen molar-refractivity contribution in [3.63, 3.8) is 0 Å². The van der Waals surface area contributed by atoms with Crippen molar-refractivity contribution in [3.8, 4) is 0 Å². The summed E-state index contributed by atoms with van der Waals surface area (Å²) in [5.74, 6) is 0. The van der Waals surface area contributed by atoms with E-state index >= 15 is 0 Å². The Balaban J connectivity index is 2.72. The molecule has 0 unspecified atom stereocenters. The van der Waals surface area contributed by atoms with Crippen molar-refractivity contribution in [2.75, 3.05) is 0 Å². The van der Waals surface area contributed by atoms with Gasteiger partial charge in [0.05, 0.1) is 0 Å². The summed E-state index contributed by atoms with van der Waals surface area (Å²) >= 11 is 0. The van der Waals surface area contributed by atoms with E-state index in [9.17, 15) is 4.79 Å². The molecule has 1 aromatic rings. The summed E-state index contributed by atoms with van der Waals surface area (Å²) in [5, 5.41) is 0. The summed E-state index contributed by atoms with van der Waals surface area (Å²) < 4.78 is 0. The molecule has 80 valence electrons. The fourth-order valence-corrected chi connectivity index (χ4v) is 1.51. The summed E-state index contributed by atoms with van der Waals surface area (Å²) in [6.07, 6.45) is 5.19. The fourth-order valence-electron chi connectivity index (χ4n) is 1.51. The lowest BCUT2D eigenvalue weighted by Crippen LogP contribution is -2.08. The molecule has 1 heteroatoms. The Bertz CT molecular complexity index is 339. The van der Waals surface area contributed by atoms with Crippen LogP contribution in [0.3, 0.4) is 0 Å². The first-order valence-electron chi connectivity index (χ1n) is 5.22. The zero-order valence-corrected chi connectivity index (χ0v) is 9.66. The molecule has 0 spiro atoms. The normalized spacial score (nSPS) is 11.9. The van der Waals surface area contributed by atoms with E-state index in [1.807, 2.05) is 18.2 Å². The molecule has 0 N–H and O–H groups in total. The lowest BCUT2D eigenvalue weighted by Gasteiger charge is -2.17.